The number of para-hydroxylation sites is 1. The number of anilines is 1. The molecule has 0 N–H and O–H groups in total. The Morgan fingerprint density at radius 2 is 1.78 bits per heavy atom. The van der Waals surface area contributed by atoms with E-state index in [9.17, 15) is 4.79 Å². The van der Waals surface area contributed by atoms with E-state index in [-0.39, 0.29) is 5.91 Å². The minimum atomic E-state index is -0.0166. The molecular formula is C22H16N2O3. The van der Waals surface area contributed by atoms with Crippen molar-refractivity contribution in [1.29, 1.82) is 0 Å². The lowest BCUT2D eigenvalue weighted by Crippen LogP contribution is -2.25. The van der Waals surface area contributed by atoms with Crippen molar-refractivity contribution in [2.75, 3.05) is 12.0 Å². The quantitative estimate of drug-likeness (QED) is 0.533. The lowest BCUT2D eigenvalue weighted by atomic mass is 10.1. The predicted molar refractivity (Wildman–Crippen MR) is 103 cm³/mol. The third-order valence-corrected chi connectivity index (χ3v) is 4.90. The van der Waals surface area contributed by atoms with Crippen LogP contribution in [0.3, 0.4) is 0 Å². The van der Waals surface area contributed by atoms with Gasteiger partial charge in [0.05, 0.1) is 19.3 Å². The summed E-state index contributed by atoms with van der Waals surface area (Å²) in [6, 6.07) is 21.3. The van der Waals surface area contributed by atoms with Gasteiger partial charge in [-0.1, -0.05) is 41.6 Å². The molecule has 3 aromatic carbocycles. The minimum Gasteiger partial charge on any atom is -0.496 e. The molecule has 5 nitrogen and oxygen atoms in total. The highest BCUT2D eigenvalue weighted by Crippen LogP contribution is 2.38. The van der Waals surface area contributed by atoms with Gasteiger partial charge in [-0.05, 0) is 29.7 Å². The Balaban J connectivity index is 1.50. The van der Waals surface area contributed by atoms with Crippen LogP contribution in [-0.4, -0.2) is 18.2 Å². The summed E-state index contributed by atoms with van der Waals surface area (Å²) in [5.74, 6) is 1.33. The highest BCUT2D eigenvalue weighted by Gasteiger charge is 2.30. The number of benzene rings is 3. The Morgan fingerprint density at radius 3 is 2.63 bits per heavy atom. The first-order valence-corrected chi connectivity index (χ1v) is 8.69. The van der Waals surface area contributed by atoms with Gasteiger partial charge in [0.25, 0.3) is 5.91 Å². The van der Waals surface area contributed by atoms with Gasteiger partial charge in [0.15, 0.2) is 5.76 Å². The number of hydrogen-bond acceptors (Lipinski definition) is 4. The zero-order valence-corrected chi connectivity index (χ0v) is 14.7. The Kier molecular flexibility index (Phi) is 3.47. The maximum atomic E-state index is 12.9. The van der Waals surface area contributed by atoms with Crippen LogP contribution in [0.5, 0.6) is 5.75 Å². The van der Waals surface area contributed by atoms with E-state index in [1.54, 1.807) is 12.0 Å². The zero-order valence-electron chi connectivity index (χ0n) is 14.7. The lowest BCUT2D eigenvalue weighted by molar-refractivity contribution is 0.0989. The average molecular weight is 356 g/mol. The molecule has 0 atom stereocenters. The second-order valence-corrected chi connectivity index (χ2v) is 6.45. The molecule has 2 heterocycles. The van der Waals surface area contributed by atoms with Crippen molar-refractivity contribution in [3.63, 3.8) is 0 Å². The highest BCUT2D eigenvalue weighted by atomic mass is 16.5. The van der Waals surface area contributed by atoms with E-state index in [1.165, 1.54) is 0 Å². The first kappa shape index (κ1) is 15.6. The predicted octanol–water partition coefficient (Wildman–Crippen LogP) is 4.66. The summed E-state index contributed by atoms with van der Waals surface area (Å²) in [6.45, 7) is 0.328. The lowest BCUT2D eigenvalue weighted by Gasteiger charge is -2.15. The molecular weight excluding hydrogens is 340 g/mol. The second kappa shape index (κ2) is 5.99. The Bertz CT molecular complexity index is 1170. The van der Waals surface area contributed by atoms with Crippen LogP contribution in [0.15, 0.2) is 71.3 Å². The van der Waals surface area contributed by atoms with Crippen molar-refractivity contribution in [2.24, 2.45) is 0 Å². The molecule has 0 radical (unpaired) electrons. The molecule has 1 aliphatic rings. The topological polar surface area (TPSA) is 55.6 Å². The largest absolute Gasteiger partial charge is 0.496 e. The molecule has 0 unspecified atom stereocenters. The number of methoxy groups -OCH3 is 1. The number of carbonyl (C=O) groups excluding carboxylic acids is 1. The summed E-state index contributed by atoms with van der Waals surface area (Å²) in [4.78, 5) is 14.6. The van der Waals surface area contributed by atoms with E-state index >= 15 is 0 Å². The molecule has 1 amide bonds. The van der Waals surface area contributed by atoms with Crippen LogP contribution in [0.4, 0.5) is 5.69 Å². The molecule has 0 saturated carbocycles. The molecule has 0 fully saturated rings. The normalized spacial score (nSPS) is 12.8. The number of rotatable bonds is 4. The van der Waals surface area contributed by atoms with E-state index in [0.717, 1.165) is 33.3 Å². The summed E-state index contributed by atoms with van der Waals surface area (Å²) >= 11 is 0. The Labute approximate surface area is 155 Å². The molecule has 1 aliphatic heterocycles. The second-order valence-electron chi connectivity index (χ2n) is 6.45. The van der Waals surface area contributed by atoms with Crippen molar-refractivity contribution in [2.45, 2.75) is 6.54 Å². The smallest absolute Gasteiger partial charge is 0.259 e. The maximum absolute atomic E-state index is 12.9. The number of ether oxygens (including phenoxy) is 1. The van der Waals surface area contributed by atoms with Gasteiger partial charge in [-0.15, -0.1) is 0 Å². The van der Waals surface area contributed by atoms with Gasteiger partial charge in [-0.3, -0.25) is 9.69 Å². The highest BCUT2D eigenvalue weighted by molar-refractivity contribution is 6.24. The van der Waals surface area contributed by atoms with Crippen LogP contribution in [0.2, 0.25) is 0 Å². The minimum absolute atomic E-state index is 0.0166. The number of hydrogen-bond donors (Lipinski definition) is 0. The van der Waals surface area contributed by atoms with Crippen molar-refractivity contribution in [1.82, 2.24) is 5.16 Å². The Morgan fingerprint density at radius 1 is 1.00 bits per heavy atom. The summed E-state index contributed by atoms with van der Waals surface area (Å²) < 4.78 is 10.9. The Hall–Kier alpha value is -3.60. The molecule has 27 heavy (non-hydrogen) atoms. The van der Waals surface area contributed by atoms with Gasteiger partial charge in [0.2, 0.25) is 0 Å². The van der Waals surface area contributed by atoms with Gasteiger partial charge in [-0.25, -0.2) is 0 Å². The number of amides is 1. The van der Waals surface area contributed by atoms with Crippen LogP contribution < -0.4 is 9.64 Å². The summed E-state index contributed by atoms with van der Waals surface area (Å²) in [6.07, 6.45) is 0. The van der Waals surface area contributed by atoms with E-state index in [1.807, 2.05) is 66.7 Å². The van der Waals surface area contributed by atoms with Crippen molar-refractivity contribution in [3.8, 4) is 17.0 Å². The fraction of sp³-hybridized carbons (Fsp3) is 0.0909. The van der Waals surface area contributed by atoms with Crippen LogP contribution in [-0.2, 0) is 6.54 Å². The van der Waals surface area contributed by atoms with Crippen LogP contribution >= 0.6 is 0 Å². The molecule has 0 aliphatic carbocycles. The molecule has 0 bridgehead atoms. The summed E-state index contributed by atoms with van der Waals surface area (Å²) in [5.41, 5.74) is 3.17. The van der Waals surface area contributed by atoms with Crippen molar-refractivity contribution in [3.05, 3.63) is 78.1 Å². The molecule has 1 aromatic heterocycles. The van der Waals surface area contributed by atoms with Crippen molar-refractivity contribution >= 4 is 22.4 Å². The van der Waals surface area contributed by atoms with Gasteiger partial charge in [0.1, 0.15) is 11.4 Å². The van der Waals surface area contributed by atoms with Gasteiger partial charge < -0.3 is 9.26 Å². The standard InChI is InChI=1S/C22H16N2O3/c1-26-20-11-3-2-8-16(20)18-12-15(27-23-18)13-24-19-10-5-7-14-6-4-9-17(21(14)19)22(24)25/h2-12H,13H2,1H3. The molecule has 132 valence electrons. The average Bonchev–Trinajstić information content (AvgIpc) is 3.28. The van der Waals surface area contributed by atoms with Gasteiger partial charge in [-0.2, -0.15) is 0 Å². The number of carbonyl (C=O) groups is 1. The molecule has 5 heteroatoms. The maximum Gasteiger partial charge on any atom is 0.259 e. The van der Waals surface area contributed by atoms with Crippen LogP contribution in [0, 0.1) is 0 Å². The molecule has 0 spiro atoms. The number of nitrogens with zero attached hydrogens (tertiary/aromatic N) is 2. The third kappa shape index (κ3) is 2.39. The number of aromatic nitrogens is 1. The molecule has 5 rings (SSSR count). The zero-order chi connectivity index (χ0) is 18.4. The summed E-state index contributed by atoms with van der Waals surface area (Å²) in [5, 5.41) is 6.23. The molecule has 4 aromatic rings. The third-order valence-electron chi connectivity index (χ3n) is 4.90. The monoisotopic (exact) mass is 356 g/mol. The van der Waals surface area contributed by atoms with Crippen LogP contribution in [0.25, 0.3) is 22.0 Å². The van der Waals surface area contributed by atoms with Gasteiger partial charge >= 0.3 is 0 Å². The first-order chi connectivity index (χ1) is 13.3. The first-order valence-electron chi connectivity index (χ1n) is 8.69. The SMILES string of the molecule is COc1ccccc1-c1cc(CN2C(=O)c3cccc4cccc2c34)on1. The van der Waals surface area contributed by atoms with Crippen LogP contribution in [0.1, 0.15) is 16.1 Å². The summed E-state index contributed by atoms with van der Waals surface area (Å²) in [7, 11) is 1.63. The van der Waals surface area contributed by atoms with Crippen molar-refractivity contribution < 1.29 is 14.1 Å². The van der Waals surface area contributed by atoms with E-state index < -0.39 is 0 Å². The van der Waals surface area contributed by atoms with E-state index in [2.05, 4.69) is 5.16 Å². The fourth-order valence-corrected chi connectivity index (χ4v) is 3.66. The van der Waals surface area contributed by atoms with Gasteiger partial charge in [0, 0.05) is 22.6 Å². The van der Waals surface area contributed by atoms with E-state index in [0.29, 0.717) is 18.0 Å². The fourth-order valence-electron chi connectivity index (χ4n) is 3.66. The van der Waals surface area contributed by atoms with E-state index in [4.69, 9.17) is 9.26 Å². The molecule has 0 saturated heterocycles.